The van der Waals surface area contributed by atoms with Crippen LogP contribution < -0.4 is 10.2 Å². The fourth-order valence-corrected chi connectivity index (χ4v) is 4.52. The molecular weight excluding hydrogens is 411 g/mol. The predicted octanol–water partition coefficient (Wildman–Crippen LogP) is 3.29. The molecule has 1 saturated carbocycles. The highest BCUT2D eigenvalue weighted by molar-refractivity contribution is 5.99. The van der Waals surface area contributed by atoms with Crippen molar-refractivity contribution in [3.63, 3.8) is 0 Å². The van der Waals surface area contributed by atoms with Crippen molar-refractivity contribution < 1.29 is 22.8 Å². The van der Waals surface area contributed by atoms with Gasteiger partial charge in [0.05, 0.1) is 5.41 Å². The number of hydrogen-bond acceptors (Lipinski definition) is 5. The van der Waals surface area contributed by atoms with E-state index in [2.05, 4.69) is 20.3 Å². The van der Waals surface area contributed by atoms with Crippen molar-refractivity contribution in [2.45, 2.75) is 51.2 Å². The fraction of sp³-hybridized carbons (Fsp3) is 0.476. The number of anilines is 1. The number of carbonyl (C=O) groups excluding carboxylic acids is 2. The molecule has 0 bridgehead atoms. The number of nitrogens with one attached hydrogen (secondary N) is 1. The summed E-state index contributed by atoms with van der Waals surface area (Å²) in [4.78, 5) is 38.9. The van der Waals surface area contributed by atoms with E-state index in [1.54, 1.807) is 6.92 Å². The van der Waals surface area contributed by atoms with Crippen LogP contribution in [0.1, 0.15) is 54.1 Å². The van der Waals surface area contributed by atoms with Gasteiger partial charge in [-0.1, -0.05) is 12.5 Å². The van der Waals surface area contributed by atoms with E-state index in [1.165, 1.54) is 29.3 Å². The topological polar surface area (TPSA) is 88.1 Å². The Labute approximate surface area is 177 Å². The van der Waals surface area contributed by atoms with Gasteiger partial charge < -0.3 is 5.32 Å². The van der Waals surface area contributed by atoms with E-state index in [9.17, 15) is 22.8 Å². The van der Waals surface area contributed by atoms with Crippen molar-refractivity contribution in [3.8, 4) is 0 Å². The molecule has 2 atom stereocenters. The minimum atomic E-state index is -4.57. The van der Waals surface area contributed by atoms with E-state index < -0.39 is 17.3 Å². The molecule has 2 fully saturated rings. The summed E-state index contributed by atoms with van der Waals surface area (Å²) in [7, 11) is 0. The standard InChI is InChI=1S/C21H22F3N5O2/c1-13-25-10-7-15(26-13)18(30)27-14-4-3-8-20(12-14)9-11-29(19(20)31)17-6-2-5-16(28-17)21(22,23)24/h2,5-7,10,14H,3-4,8-9,11-12H2,1H3,(H,27,30). The van der Waals surface area contributed by atoms with Gasteiger partial charge in [0.15, 0.2) is 0 Å². The van der Waals surface area contributed by atoms with Crippen molar-refractivity contribution in [2.24, 2.45) is 5.41 Å². The Hall–Kier alpha value is -3.04. The summed E-state index contributed by atoms with van der Waals surface area (Å²) in [5, 5.41) is 2.95. The molecular formula is C21H22F3N5O2. The molecule has 2 aromatic rings. The van der Waals surface area contributed by atoms with Crippen LogP contribution in [-0.4, -0.2) is 39.4 Å². The normalized spacial score (nSPS) is 23.9. The summed E-state index contributed by atoms with van der Waals surface area (Å²) in [6.45, 7) is 2.00. The van der Waals surface area contributed by atoms with Crippen LogP contribution in [0, 0.1) is 12.3 Å². The number of hydrogen-bond donors (Lipinski definition) is 1. The quantitative estimate of drug-likeness (QED) is 0.803. The summed E-state index contributed by atoms with van der Waals surface area (Å²) >= 11 is 0. The second kappa shape index (κ2) is 7.90. The zero-order chi connectivity index (χ0) is 22.2. The first kappa shape index (κ1) is 21.2. The van der Waals surface area contributed by atoms with Gasteiger partial charge in [0.25, 0.3) is 5.91 Å². The van der Waals surface area contributed by atoms with Crippen LogP contribution in [0.4, 0.5) is 19.0 Å². The van der Waals surface area contributed by atoms with Crippen LogP contribution in [0.2, 0.25) is 0 Å². The molecule has 3 heterocycles. The third-order valence-corrected chi connectivity index (χ3v) is 6.00. The number of pyridine rings is 1. The zero-order valence-corrected chi connectivity index (χ0v) is 16.9. The first-order valence-electron chi connectivity index (χ1n) is 10.1. The molecule has 1 aliphatic carbocycles. The van der Waals surface area contributed by atoms with Crippen LogP contribution in [-0.2, 0) is 11.0 Å². The van der Waals surface area contributed by atoms with Gasteiger partial charge >= 0.3 is 6.18 Å². The largest absolute Gasteiger partial charge is 0.433 e. The number of alkyl halides is 3. The van der Waals surface area contributed by atoms with E-state index >= 15 is 0 Å². The van der Waals surface area contributed by atoms with Crippen molar-refractivity contribution in [1.29, 1.82) is 0 Å². The van der Waals surface area contributed by atoms with Gasteiger partial charge in [-0.2, -0.15) is 13.2 Å². The number of carbonyl (C=O) groups is 2. The molecule has 4 rings (SSSR count). The van der Waals surface area contributed by atoms with Crippen LogP contribution in [0.3, 0.4) is 0 Å². The highest BCUT2D eigenvalue weighted by Crippen LogP contribution is 2.46. The highest BCUT2D eigenvalue weighted by Gasteiger charge is 2.50. The lowest BCUT2D eigenvalue weighted by Gasteiger charge is -2.36. The molecule has 10 heteroatoms. The summed E-state index contributed by atoms with van der Waals surface area (Å²) in [5.41, 5.74) is -1.46. The maximum absolute atomic E-state index is 13.3. The van der Waals surface area contributed by atoms with Crippen LogP contribution in [0.15, 0.2) is 30.5 Å². The van der Waals surface area contributed by atoms with Crippen LogP contribution in [0.5, 0.6) is 0 Å². The maximum atomic E-state index is 13.3. The molecule has 31 heavy (non-hydrogen) atoms. The number of amides is 2. The van der Waals surface area contributed by atoms with Gasteiger partial charge in [0.1, 0.15) is 23.0 Å². The minimum Gasteiger partial charge on any atom is -0.348 e. The first-order chi connectivity index (χ1) is 14.7. The van der Waals surface area contributed by atoms with Crippen molar-refractivity contribution >= 4 is 17.6 Å². The lowest BCUT2D eigenvalue weighted by atomic mass is 9.71. The molecule has 164 valence electrons. The average molecular weight is 433 g/mol. The number of halogens is 3. The van der Waals surface area contributed by atoms with Gasteiger partial charge in [0.2, 0.25) is 5.91 Å². The third-order valence-electron chi connectivity index (χ3n) is 6.00. The molecule has 2 unspecified atom stereocenters. The Morgan fingerprint density at radius 1 is 1.23 bits per heavy atom. The van der Waals surface area contributed by atoms with E-state index in [4.69, 9.17) is 0 Å². The fourth-order valence-electron chi connectivity index (χ4n) is 4.52. The molecule has 0 radical (unpaired) electrons. The lowest BCUT2D eigenvalue weighted by molar-refractivity contribution is -0.141. The minimum absolute atomic E-state index is 0.0133. The van der Waals surface area contributed by atoms with Crippen LogP contribution in [0.25, 0.3) is 0 Å². The zero-order valence-electron chi connectivity index (χ0n) is 16.9. The van der Waals surface area contributed by atoms with E-state index in [1.807, 2.05) is 0 Å². The molecule has 2 aromatic heterocycles. The first-order valence-corrected chi connectivity index (χ1v) is 10.1. The van der Waals surface area contributed by atoms with Gasteiger partial charge in [-0.05, 0) is 50.8 Å². The number of aromatic nitrogens is 3. The molecule has 0 aromatic carbocycles. The van der Waals surface area contributed by atoms with Crippen molar-refractivity contribution in [2.75, 3.05) is 11.4 Å². The molecule has 2 aliphatic rings. The van der Waals surface area contributed by atoms with Crippen LogP contribution >= 0.6 is 0 Å². The van der Waals surface area contributed by atoms with E-state index in [0.717, 1.165) is 18.9 Å². The Kier molecular flexibility index (Phi) is 5.40. The molecule has 1 spiro atoms. The Morgan fingerprint density at radius 2 is 2.03 bits per heavy atom. The molecule has 1 N–H and O–H groups in total. The third kappa shape index (κ3) is 4.24. The molecule has 2 amide bonds. The van der Waals surface area contributed by atoms with Crippen molar-refractivity contribution in [3.05, 3.63) is 47.7 Å². The summed E-state index contributed by atoms with van der Waals surface area (Å²) in [5.74, 6) is -0.0483. The van der Waals surface area contributed by atoms with Gasteiger partial charge in [0, 0.05) is 18.8 Å². The second-order valence-electron chi connectivity index (χ2n) is 8.12. The Bertz CT molecular complexity index is 1010. The second-order valence-corrected chi connectivity index (χ2v) is 8.12. The molecule has 1 aliphatic heterocycles. The summed E-state index contributed by atoms with van der Waals surface area (Å²) in [6.07, 6.45) is 0.00615. The summed E-state index contributed by atoms with van der Waals surface area (Å²) in [6, 6.07) is 4.89. The monoisotopic (exact) mass is 433 g/mol. The van der Waals surface area contributed by atoms with E-state index in [0.29, 0.717) is 31.6 Å². The number of nitrogens with zero attached hydrogens (tertiary/aromatic N) is 4. The summed E-state index contributed by atoms with van der Waals surface area (Å²) < 4.78 is 39.1. The van der Waals surface area contributed by atoms with Crippen molar-refractivity contribution in [1.82, 2.24) is 20.3 Å². The highest BCUT2D eigenvalue weighted by atomic mass is 19.4. The maximum Gasteiger partial charge on any atom is 0.433 e. The molecule has 7 nitrogen and oxygen atoms in total. The lowest BCUT2D eigenvalue weighted by Crippen LogP contribution is -2.46. The average Bonchev–Trinajstić information content (AvgIpc) is 3.03. The predicted molar refractivity (Wildman–Crippen MR) is 105 cm³/mol. The van der Waals surface area contributed by atoms with Gasteiger partial charge in [-0.25, -0.2) is 15.0 Å². The van der Waals surface area contributed by atoms with E-state index in [-0.39, 0.29) is 29.4 Å². The van der Waals surface area contributed by atoms with Gasteiger partial charge in [-0.3, -0.25) is 14.5 Å². The Morgan fingerprint density at radius 3 is 2.77 bits per heavy atom. The molecule has 1 saturated heterocycles. The Balaban J connectivity index is 1.48. The van der Waals surface area contributed by atoms with Gasteiger partial charge in [-0.15, -0.1) is 0 Å². The SMILES string of the molecule is Cc1nccc(C(=O)NC2CCCC3(CCN(c4cccc(C(F)(F)F)n4)C3=O)C2)n1. The number of rotatable bonds is 3. The number of aryl methyl sites for hydroxylation is 1. The smallest absolute Gasteiger partial charge is 0.348 e.